The fraction of sp³-hybridized carbons (Fsp3) is 0.579. The Morgan fingerprint density at radius 2 is 2.08 bits per heavy atom. The van der Waals surface area contributed by atoms with E-state index in [9.17, 15) is 5.11 Å². The number of aliphatic hydroxyl groups is 1. The van der Waals surface area contributed by atoms with Crippen LogP contribution < -0.4 is 0 Å². The summed E-state index contributed by atoms with van der Waals surface area (Å²) in [5.74, 6) is 0.805. The van der Waals surface area contributed by atoms with E-state index in [-0.39, 0.29) is 0 Å². The molecule has 2 saturated heterocycles. The lowest BCUT2D eigenvalue weighted by atomic mass is 9.85. The third-order valence-corrected chi connectivity index (χ3v) is 6.01. The molecule has 25 heavy (non-hydrogen) atoms. The van der Waals surface area contributed by atoms with Crippen LogP contribution in [0, 0.1) is 6.92 Å². The maximum atomic E-state index is 11.3. The van der Waals surface area contributed by atoms with E-state index in [1.807, 2.05) is 34.8 Å². The minimum absolute atomic E-state index is 0.405. The third-order valence-electron chi connectivity index (χ3n) is 6.01. The van der Waals surface area contributed by atoms with Crippen molar-refractivity contribution in [1.29, 1.82) is 0 Å². The Hall–Kier alpha value is -1.92. The lowest BCUT2D eigenvalue weighted by Crippen LogP contribution is -2.50. The maximum absolute atomic E-state index is 11.3. The highest BCUT2D eigenvalue weighted by Crippen LogP contribution is 2.45. The lowest BCUT2D eigenvalue weighted by molar-refractivity contribution is -0.0669. The molecule has 2 aromatic rings. The van der Waals surface area contributed by atoms with Crippen molar-refractivity contribution in [2.75, 3.05) is 0 Å². The van der Waals surface area contributed by atoms with E-state index >= 15 is 0 Å². The van der Waals surface area contributed by atoms with Gasteiger partial charge in [0.1, 0.15) is 11.4 Å². The molecule has 6 heteroatoms. The molecule has 2 fully saturated rings. The number of fused-ring (bicyclic) bond motifs is 2. The molecule has 0 saturated carbocycles. The van der Waals surface area contributed by atoms with Crippen LogP contribution in [0.15, 0.2) is 31.2 Å². The summed E-state index contributed by atoms with van der Waals surface area (Å²) in [6, 6.07) is 0.810. The number of allylic oxidation sites excluding steroid dienone is 1. The Kier molecular flexibility index (Phi) is 4.04. The third kappa shape index (κ3) is 2.73. The van der Waals surface area contributed by atoms with Gasteiger partial charge in [-0.2, -0.15) is 5.10 Å². The van der Waals surface area contributed by atoms with Crippen molar-refractivity contribution < 1.29 is 5.11 Å². The van der Waals surface area contributed by atoms with Crippen molar-refractivity contribution in [3.63, 3.8) is 0 Å². The molecule has 0 spiro atoms. The van der Waals surface area contributed by atoms with Crippen molar-refractivity contribution in [3.05, 3.63) is 48.3 Å². The fourth-order valence-corrected chi connectivity index (χ4v) is 4.71. The summed E-state index contributed by atoms with van der Waals surface area (Å²) in [5, 5.41) is 15.7. The van der Waals surface area contributed by atoms with E-state index in [1.54, 1.807) is 6.20 Å². The predicted molar refractivity (Wildman–Crippen MR) is 95.9 cm³/mol. The van der Waals surface area contributed by atoms with Crippen LogP contribution in [-0.4, -0.2) is 41.4 Å². The lowest BCUT2D eigenvalue weighted by Gasteiger charge is -2.43. The van der Waals surface area contributed by atoms with Gasteiger partial charge < -0.3 is 9.67 Å². The Balaban J connectivity index is 1.53. The van der Waals surface area contributed by atoms with Gasteiger partial charge in [0.2, 0.25) is 0 Å². The van der Waals surface area contributed by atoms with Crippen molar-refractivity contribution >= 4 is 0 Å². The highest BCUT2D eigenvalue weighted by molar-refractivity contribution is 5.19. The molecule has 2 aromatic heterocycles. The number of rotatable bonds is 5. The molecule has 2 aliphatic rings. The first kappa shape index (κ1) is 16.5. The normalized spacial score (nSPS) is 29.2. The molecule has 4 rings (SSSR count). The number of aryl methyl sites for hydroxylation is 1. The summed E-state index contributed by atoms with van der Waals surface area (Å²) < 4.78 is 3.96. The highest BCUT2D eigenvalue weighted by atomic mass is 16.3. The highest BCUT2D eigenvalue weighted by Gasteiger charge is 2.49. The number of hydrogen-bond donors (Lipinski definition) is 1. The number of hydrogen-bond acceptors (Lipinski definition) is 4. The van der Waals surface area contributed by atoms with Gasteiger partial charge in [0.15, 0.2) is 0 Å². The van der Waals surface area contributed by atoms with Gasteiger partial charge in [0.25, 0.3) is 0 Å². The van der Waals surface area contributed by atoms with Crippen molar-refractivity contribution in [2.24, 2.45) is 7.05 Å². The molecular weight excluding hydrogens is 314 g/mol. The van der Waals surface area contributed by atoms with Crippen molar-refractivity contribution in [3.8, 4) is 0 Å². The van der Waals surface area contributed by atoms with E-state index in [1.165, 1.54) is 11.3 Å². The Labute approximate surface area is 148 Å². The van der Waals surface area contributed by atoms with Gasteiger partial charge in [-0.25, -0.2) is 4.98 Å². The number of piperidine rings is 1. The second kappa shape index (κ2) is 6.11. The smallest absolute Gasteiger partial charge is 0.140 e. The van der Waals surface area contributed by atoms with E-state index in [0.29, 0.717) is 12.1 Å². The first-order valence-corrected chi connectivity index (χ1v) is 9.10. The minimum atomic E-state index is -0.803. The summed E-state index contributed by atoms with van der Waals surface area (Å²) in [6.45, 7) is 7.58. The summed E-state index contributed by atoms with van der Waals surface area (Å²) in [7, 11) is 1.96. The second-order valence-corrected chi connectivity index (χ2v) is 7.58. The fourth-order valence-electron chi connectivity index (χ4n) is 4.71. The number of imidazole rings is 1. The van der Waals surface area contributed by atoms with Gasteiger partial charge >= 0.3 is 0 Å². The van der Waals surface area contributed by atoms with Crippen LogP contribution in [0.25, 0.3) is 0 Å². The van der Waals surface area contributed by atoms with E-state index in [2.05, 4.69) is 28.5 Å². The maximum Gasteiger partial charge on any atom is 0.140 e. The average molecular weight is 341 g/mol. The molecule has 4 heterocycles. The molecule has 0 radical (unpaired) electrons. The second-order valence-electron chi connectivity index (χ2n) is 7.58. The molecule has 134 valence electrons. The van der Waals surface area contributed by atoms with Gasteiger partial charge in [0.05, 0.1) is 12.7 Å². The number of aromatic nitrogens is 4. The minimum Gasteiger partial charge on any atom is -0.382 e. The summed E-state index contributed by atoms with van der Waals surface area (Å²) in [4.78, 5) is 7.00. The van der Waals surface area contributed by atoms with E-state index in [0.717, 1.165) is 44.6 Å². The van der Waals surface area contributed by atoms with E-state index < -0.39 is 5.60 Å². The van der Waals surface area contributed by atoms with Crippen LogP contribution in [0.4, 0.5) is 0 Å². The molecule has 6 nitrogen and oxygen atoms in total. The SMILES string of the molecule is C=CCn1ncc(CN2[C@H]3CC[C@H]2CC(O)(c2nccn2C)C3)c1C. The Bertz CT molecular complexity index is 763. The van der Waals surface area contributed by atoms with Crippen LogP contribution in [0.1, 0.15) is 42.8 Å². The molecule has 2 bridgehead atoms. The van der Waals surface area contributed by atoms with Gasteiger partial charge in [0, 0.05) is 49.3 Å². The molecule has 2 atom stereocenters. The summed E-state index contributed by atoms with van der Waals surface area (Å²) >= 11 is 0. The molecule has 0 aliphatic carbocycles. The van der Waals surface area contributed by atoms with Crippen molar-refractivity contribution in [1.82, 2.24) is 24.2 Å². The van der Waals surface area contributed by atoms with E-state index in [4.69, 9.17) is 0 Å². The largest absolute Gasteiger partial charge is 0.382 e. The molecule has 2 aliphatic heterocycles. The zero-order valence-electron chi connectivity index (χ0n) is 15.1. The standard InChI is InChI=1S/C19H27N5O/c1-4-8-24-14(2)15(12-21-24)13-23-16-5-6-17(23)11-19(25,10-16)18-20-7-9-22(18)3/h4,7,9,12,16-17,25H,1,5-6,8,10-11,13H2,2-3H3/t16-,17-/m0/s1. The van der Waals surface area contributed by atoms with Crippen LogP contribution in [0.3, 0.4) is 0 Å². The zero-order chi connectivity index (χ0) is 17.6. The Morgan fingerprint density at radius 3 is 2.68 bits per heavy atom. The van der Waals surface area contributed by atoms with Gasteiger partial charge in [-0.05, 0) is 32.6 Å². The van der Waals surface area contributed by atoms with Crippen LogP contribution >= 0.6 is 0 Å². The summed E-state index contributed by atoms with van der Waals surface area (Å²) in [6.07, 6.45) is 11.4. The van der Waals surface area contributed by atoms with Gasteiger partial charge in [-0.1, -0.05) is 6.08 Å². The molecular formula is C19H27N5O. The monoisotopic (exact) mass is 341 g/mol. The molecule has 1 N–H and O–H groups in total. The first-order valence-electron chi connectivity index (χ1n) is 9.10. The topological polar surface area (TPSA) is 59.1 Å². The van der Waals surface area contributed by atoms with Gasteiger partial charge in [-0.15, -0.1) is 6.58 Å². The van der Waals surface area contributed by atoms with Crippen molar-refractivity contribution in [2.45, 2.75) is 63.4 Å². The molecule has 0 amide bonds. The predicted octanol–water partition coefficient (Wildman–Crippen LogP) is 2.13. The van der Waals surface area contributed by atoms with Crippen LogP contribution in [-0.2, 0) is 25.7 Å². The zero-order valence-corrected chi connectivity index (χ0v) is 15.1. The quantitative estimate of drug-likeness (QED) is 0.847. The first-order chi connectivity index (χ1) is 12.0. The summed E-state index contributed by atoms with van der Waals surface area (Å²) in [5.41, 5.74) is 1.69. The van der Waals surface area contributed by atoms with Gasteiger partial charge in [-0.3, -0.25) is 9.58 Å². The Morgan fingerprint density at radius 1 is 1.36 bits per heavy atom. The average Bonchev–Trinajstić information content (AvgIpc) is 3.22. The molecule has 0 aromatic carbocycles. The molecule has 0 unspecified atom stereocenters. The van der Waals surface area contributed by atoms with Crippen LogP contribution in [0.2, 0.25) is 0 Å². The number of nitrogens with zero attached hydrogens (tertiary/aromatic N) is 5. The van der Waals surface area contributed by atoms with Crippen LogP contribution in [0.5, 0.6) is 0 Å².